The molecule has 148 valence electrons. The highest BCUT2D eigenvalue weighted by Gasteiger charge is 2.43. The maximum absolute atomic E-state index is 12.6. The summed E-state index contributed by atoms with van der Waals surface area (Å²) in [6.07, 6.45) is 10.9. The Balaban J connectivity index is 1.48. The summed E-state index contributed by atoms with van der Waals surface area (Å²) in [5.74, 6) is 0.378. The first-order valence-electron chi connectivity index (χ1n) is 10.7. The van der Waals surface area contributed by atoms with Gasteiger partial charge in [0.2, 0.25) is 5.91 Å². The Hall–Kier alpha value is -1.62. The number of pyridine rings is 1. The Morgan fingerprint density at radius 1 is 1.11 bits per heavy atom. The number of rotatable bonds is 3. The van der Waals surface area contributed by atoms with Crippen molar-refractivity contribution in [3.8, 4) is 0 Å². The summed E-state index contributed by atoms with van der Waals surface area (Å²) in [5, 5.41) is 0. The number of amides is 1. The molecule has 1 unspecified atom stereocenters. The van der Waals surface area contributed by atoms with E-state index in [-0.39, 0.29) is 10.8 Å². The van der Waals surface area contributed by atoms with Crippen LogP contribution in [0.2, 0.25) is 0 Å². The number of nitrogens with one attached hydrogen (secondary N) is 1. The first-order valence-corrected chi connectivity index (χ1v) is 10.7. The second-order valence-electron chi connectivity index (χ2n) is 9.18. The van der Waals surface area contributed by atoms with Crippen LogP contribution in [-0.2, 0) is 11.3 Å². The lowest BCUT2D eigenvalue weighted by atomic mass is 9.73. The Kier molecular flexibility index (Phi) is 5.15. The third kappa shape index (κ3) is 3.71. The zero-order chi connectivity index (χ0) is 19.0. The SMILES string of the molecule is Cc1c[nH]c(CN2CCCC3(CCC(=O)N(C4CCCC4)C3)C2)c(C)c1=O. The number of piperidine rings is 2. The summed E-state index contributed by atoms with van der Waals surface area (Å²) >= 11 is 0. The van der Waals surface area contributed by atoms with E-state index < -0.39 is 0 Å². The lowest BCUT2D eigenvalue weighted by Gasteiger charge is -2.49. The van der Waals surface area contributed by atoms with E-state index in [4.69, 9.17) is 0 Å². The van der Waals surface area contributed by atoms with Crippen molar-refractivity contribution in [1.29, 1.82) is 0 Å². The van der Waals surface area contributed by atoms with E-state index in [0.717, 1.165) is 49.4 Å². The van der Waals surface area contributed by atoms with Crippen molar-refractivity contribution in [3.63, 3.8) is 0 Å². The zero-order valence-corrected chi connectivity index (χ0v) is 16.9. The molecule has 1 spiro atoms. The van der Waals surface area contributed by atoms with Gasteiger partial charge in [-0.3, -0.25) is 14.5 Å². The lowest BCUT2D eigenvalue weighted by Crippen LogP contribution is -2.56. The van der Waals surface area contributed by atoms with E-state index in [1.54, 1.807) is 0 Å². The number of aromatic amines is 1. The summed E-state index contributed by atoms with van der Waals surface area (Å²) < 4.78 is 0. The molecule has 4 rings (SSSR count). The highest BCUT2D eigenvalue weighted by molar-refractivity contribution is 5.77. The Bertz CT molecular complexity index is 765. The molecule has 5 nitrogen and oxygen atoms in total. The number of hydrogen-bond acceptors (Lipinski definition) is 3. The molecule has 1 saturated carbocycles. The minimum atomic E-state index is 0.158. The number of likely N-dealkylation sites (tertiary alicyclic amines) is 2. The molecule has 0 radical (unpaired) electrons. The molecule has 1 N–H and O–H groups in total. The van der Waals surface area contributed by atoms with Crippen LogP contribution >= 0.6 is 0 Å². The van der Waals surface area contributed by atoms with E-state index in [2.05, 4.69) is 14.8 Å². The molecule has 0 aromatic carbocycles. The van der Waals surface area contributed by atoms with Gasteiger partial charge in [-0.05, 0) is 52.5 Å². The quantitative estimate of drug-likeness (QED) is 0.888. The molecule has 1 aromatic rings. The van der Waals surface area contributed by atoms with Gasteiger partial charge in [0.15, 0.2) is 5.43 Å². The van der Waals surface area contributed by atoms with E-state index in [1.807, 2.05) is 20.0 Å². The number of H-pyrrole nitrogens is 1. The van der Waals surface area contributed by atoms with Gasteiger partial charge in [0, 0.05) is 60.5 Å². The fraction of sp³-hybridized carbons (Fsp3) is 0.727. The van der Waals surface area contributed by atoms with Crippen LogP contribution in [0.25, 0.3) is 0 Å². The average molecular weight is 372 g/mol. The van der Waals surface area contributed by atoms with Crippen molar-refractivity contribution < 1.29 is 4.79 Å². The normalized spacial score (nSPS) is 27.6. The maximum Gasteiger partial charge on any atom is 0.222 e. The number of aromatic nitrogens is 1. The third-order valence-corrected chi connectivity index (χ3v) is 7.20. The smallest absolute Gasteiger partial charge is 0.222 e. The monoisotopic (exact) mass is 371 g/mol. The minimum Gasteiger partial charge on any atom is -0.363 e. The van der Waals surface area contributed by atoms with Crippen molar-refractivity contribution in [3.05, 3.63) is 33.2 Å². The molecule has 2 saturated heterocycles. The molecular formula is C22H33N3O2. The maximum atomic E-state index is 12.6. The van der Waals surface area contributed by atoms with Crippen LogP contribution in [0.4, 0.5) is 0 Å². The number of carbonyl (C=O) groups excluding carboxylic acids is 1. The van der Waals surface area contributed by atoms with Crippen LogP contribution in [-0.4, -0.2) is 46.4 Å². The molecule has 3 aliphatic rings. The summed E-state index contributed by atoms with van der Waals surface area (Å²) in [7, 11) is 0. The molecule has 3 fully saturated rings. The lowest BCUT2D eigenvalue weighted by molar-refractivity contribution is -0.142. The molecule has 3 heterocycles. The predicted molar refractivity (Wildman–Crippen MR) is 107 cm³/mol. The van der Waals surface area contributed by atoms with Crippen LogP contribution < -0.4 is 5.43 Å². The van der Waals surface area contributed by atoms with Crippen LogP contribution in [0.5, 0.6) is 0 Å². The number of nitrogens with zero attached hydrogens (tertiary/aromatic N) is 2. The van der Waals surface area contributed by atoms with E-state index in [1.165, 1.54) is 38.5 Å². The number of hydrogen-bond donors (Lipinski definition) is 1. The van der Waals surface area contributed by atoms with Gasteiger partial charge in [-0.2, -0.15) is 0 Å². The summed E-state index contributed by atoms with van der Waals surface area (Å²) in [4.78, 5) is 32.9. The molecule has 5 heteroatoms. The molecule has 1 amide bonds. The van der Waals surface area contributed by atoms with E-state index in [9.17, 15) is 9.59 Å². The van der Waals surface area contributed by atoms with Gasteiger partial charge in [0.05, 0.1) is 0 Å². The average Bonchev–Trinajstić information content (AvgIpc) is 3.19. The molecule has 27 heavy (non-hydrogen) atoms. The first kappa shape index (κ1) is 18.7. The zero-order valence-electron chi connectivity index (χ0n) is 16.9. The second kappa shape index (κ2) is 7.42. The van der Waals surface area contributed by atoms with E-state index >= 15 is 0 Å². The van der Waals surface area contributed by atoms with Gasteiger partial charge >= 0.3 is 0 Å². The fourth-order valence-electron chi connectivity index (χ4n) is 5.56. The van der Waals surface area contributed by atoms with Crippen LogP contribution in [0.3, 0.4) is 0 Å². The second-order valence-corrected chi connectivity index (χ2v) is 9.18. The Morgan fingerprint density at radius 2 is 1.89 bits per heavy atom. The number of carbonyl (C=O) groups is 1. The van der Waals surface area contributed by atoms with Gasteiger partial charge in [-0.1, -0.05) is 12.8 Å². The van der Waals surface area contributed by atoms with Gasteiger partial charge in [-0.25, -0.2) is 0 Å². The summed E-state index contributed by atoms with van der Waals surface area (Å²) in [6, 6.07) is 0.487. The fourth-order valence-corrected chi connectivity index (χ4v) is 5.56. The highest BCUT2D eigenvalue weighted by atomic mass is 16.2. The molecule has 1 atom stereocenters. The van der Waals surface area contributed by atoms with Crippen LogP contribution in [0.15, 0.2) is 11.0 Å². The molecule has 1 aliphatic carbocycles. The highest BCUT2D eigenvalue weighted by Crippen LogP contribution is 2.41. The van der Waals surface area contributed by atoms with Crippen molar-refractivity contribution in [1.82, 2.24) is 14.8 Å². The Morgan fingerprint density at radius 3 is 2.67 bits per heavy atom. The van der Waals surface area contributed by atoms with Crippen molar-refractivity contribution in [2.24, 2.45) is 5.41 Å². The van der Waals surface area contributed by atoms with Gasteiger partial charge in [-0.15, -0.1) is 0 Å². The third-order valence-electron chi connectivity index (χ3n) is 7.20. The van der Waals surface area contributed by atoms with Crippen molar-refractivity contribution >= 4 is 5.91 Å². The van der Waals surface area contributed by atoms with Crippen molar-refractivity contribution in [2.75, 3.05) is 19.6 Å². The largest absolute Gasteiger partial charge is 0.363 e. The van der Waals surface area contributed by atoms with Crippen LogP contribution in [0.1, 0.15) is 68.2 Å². The molecule has 2 aliphatic heterocycles. The van der Waals surface area contributed by atoms with Gasteiger partial charge in [0.1, 0.15) is 0 Å². The van der Waals surface area contributed by atoms with Gasteiger partial charge in [0.25, 0.3) is 0 Å². The standard InChI is InChI=1S/C22H33N3O2/c1-16-12-23-19(17(2)21(16)27)13-24-11-5-9-22(14-24)10-8-20(26)25(15-22)18-6-3-4-7-18/h12,18H,3-11,13-15H2,1-2H3,(H,23,27). The summed E-state index contributed by atoms with van der Waals surface area (Å²) in [6.45, 7) is 7.66. The first-order chi connectivity index (χ1) is 13.0. The predicted octanol–water partition coefficient (Wildman–Crippen LogP) is 3.14. The van der Waals surface area contributed by atoms with Crippen LogP contribution in [0, 0.1) is 19.3 Å². The van der Waals surface area contributed by atoms with E-state index in [0.29, 0.717) is 18.4 Å². The number of aryl methyl sites for hydroxylation is 1. The molecule has 0 bridgehead atoms. The van der Waals surface area contributed by atoms with Gasteiger partial charge < -0.3 is 9.88 Å². The Labute approximate surface area is 162 Å². The minimum absolute atomic E-state index is 0.158. The molecule has 1 aromatic heterocycles. The van der Waals surface area contributed by atoms with Crippen molar-refractivity contribution in [2.45, 2.75) is 77.8 Å². The molecular weight excluding hydrogens is 338 g/mol. The summed E-state index contributed by atoms with van der Waals surface area (Å²) in [5.41, 5.74) is 3.08. The topological polar surface area (TPSA) is 56.4 Å².